The maximum atomic E-state index is 12.1. The van der Waals surface area contributed by atoms with E-state index in [1.165, 1.54) is 4.90 Å². The second kappa shape index (κ2) is 6.00. The van der Waals surface area contributed by atoms with E-state index in [4.69, 9.17) is 0 Å². The second-order valence-electron chi connectivity index (χ2n) is 4.76. The number of hydrogen-bond donors (Lipinski definition) is 2. The van der Waals surface area contributed by atoms with Gasteiger partial charge in [-0.3, -0.25) is 9.59 Å². The Hall–Kier alpha value is -1.10. The Bertz CT molecular complexity index is 283. The molecule has 5 heteroatoms. The van der Waals surface area contributed by atoms with Gasteiger partial charge < -0.3 is 15.5 Å². The molecule has 0 saturated carbocycles. The summed E-state index contributed by atoms with van der Waals surface area (Å²) in [6.07, 6.45) is 3.08. The average Bonchev–Trinajstić information content (AvgIpc) is 2.78. The fraction of sp³-hybridized carbons (Fsp3) is 0.833. The Labute approximate surface area is 103 Å². The summed E-state index contributed by atoms with van der Waals surface area (Å²) in [7, 11) is 3.44. The van der Waals surface area contributed by atoms with Gasteiger partial charge in [0, 0.05) is 27.1 Å². The van der Waals surface area contributed by atoms with Crippen molar-refractivity contribution in [1.82, 2.24) is 15.5 Å². The van der Waals surface area contributed by atoms with E-state index in [1.807, 2.05) is 6.92 Å². The summed E-state index contributed by atoms with van der Waals surface area (Å²) in [6, 6.07) is 0. The molecule has 1 saturated heterocycles. The van der Waals surface area contributed by atoms with E-state index in [-0.39, 0.29) is 11.8 Å². The van der Waals surface area contributed by atoms with E-state index < -0.39 is 5.54 Å². The van der Waals surface area contributed by atoms with Crippen molar-refractivity contribution in [3.63, 3.8) is 0 Å². The van der Waals surface area contributed by atoms with Crippen LogP contribution >= 0.6 is 0 Å². The van der Waals surface area contributed by atoms with Crippen LogP contribution in [-0.2, 0) is 9.59 Å². The first kappa shape index (κ1) is 14.0. The maximum Gasteiger partial charge on any atom is 0.240 e. The lowest BCUT2D eigenvalue weighted by molar-refractivity contribution is -0.129. The van der Waals surface area contributed by atoms with Gasteiger partial charge in [-0.1, -0.05) is 6.92 Å². The van der Waals surface area contributed by atoms with E-state index in [0.717, 1.165) is 25.8 Å². The van der Waals surface area contributed by atoms with Gasteiger partial charge in [-0.15, -0.1) is 0 Å². The SMILES string of the molecule is CCC1(C(=O)NCCC(=O)N(C)C)CCCN1. The minimum atomic E-state index is -0.402. The van der Waals surface area contributed by atoms with Gasteiger partial charge >= 0.3 is 0 Å². The third kappa shape index (κ3) is 3.43. The van der Waals surface area contributed by atoms with Gasteiger partial charge in [0.2, 0.25) is 11.8 Å². The molecule has 2 amide bonds. The molecule has 1 aliphatic rings. The number of rotatable bonds is 5. The molecule has 1 aliphatic heterocycles. The molecule has 0 bridgehead atoms. The molecule has 2 N–H and O–H groups in total. The summed E-state index contributed by atoms with van der Waals surface area (Å²) in [6.45, 7) is 3.33. The van der Waals surface area contributed by atoms with E-state index in [1.54, 1.807) is 14.1 Å². The first-order valence-corrected chi connectivity index (χ1v) is 6.25. The number of carbonyl (C=O) groups excluding carboxylic acids is 2. The van der Waals surface area contributed by atoms with Crippen LogP contribution in [0.2, 0.25) is 0 Å². The van der Waals surface area contributed by atoms with Gasteiger partial charge in [0.1, 0.15) is 0 Å². The van der Waals surface area contributed by atoms with Crippen LogP contribution in [0.5, 0.6) is 0 Å². The second-order valence-corrected chi connectivity index (χ2v) is 4.76. The van der Waals surface area contributed by atoms with E-state index in [0.29, 0.717) is 13.0 Å². The molecule has 0 aromatic carbocycles. The van der Waals surface area contributed by atoms with Gasteiger partial charge in [-0.25, -0.2) is 0 Å². The molecular weight excluding hydrogens is 218 g/mol. The molecule has 0 spiro atoms. The molecule has 0 aliphatic carbocycles. The zero-order valence-electron chi connectivity index (χ0n) is 11.0. The van der Waals surface area contributed by atoms with Crippen LogP contribution in [0.1, 0.15) is 32.6 Å². The van der Waals surface area contributed by atoms with E-state index >= 15 is 0 Å². The number of amides is 2. The minimum Gasteiger partial charge on any atom is -0.354 e. The number of nitrogens with one attached hydrogen (secondary N) is 2. The van der Waals surface area contributed by atoms with Crippen LogP contribution < -0.4 is 10.6 Å². The molecule has 98 valence electrons. The lowest BCUT2D eigenvalue weighted by atomic mass is 9.93. The van der Waals surface area contributed by atoms with Crippen LogP contribution in [0, 0.1) is 0 Å². The fourth-order valence-corrected chi connectivity index (χ4v) is 2.14. The van der Waals surface area contributed by atoms with E-state index in [9.17, 15) is 9.59 Å². The van der Waals surface area contributed by atoms with Crippen molar-refractivity contribution in [2.75, 3.05) is 27.2 Å². The van der Waals surface area contributed by atoms with Gasteiger partial charge in [0.05, 0.1) is 5.54 Å². The minimum absolute atomic E-state index is 0.0315. The Morgan fingerprint density at radius 3 is 2.59 bits per heavy atom. The van der Waals surface area contributed by atoms with Crippen molar-refractivity contribution >= 4 is 11.8 Å². The Morgan fingerprint density at radius 1 is 1.41 bits per heavy atom. The Balaban J connectivity index is 2.36. The molecule has 0 aromatic rings. The smallest absolute Gasteiger partial charge is 0.240 e. The van der Waals surface area contributed by atoms with Crippen molar-refractivity contribution in [2.24, 2.45) is 0 Å². The first-order chi connectivity index (χ1) is 8.02. The third-order valence-electron chi connectivity index (χ3n) is 3.41. The molecule has 17 heavy (non-hydrogen) atoms. The van der Waals surface area contributed by atoms with Crippen LogP contribution in [0.4, 0.5) is 0 Å². The predicted molar refractivity (Wildman–Crippen MR) is 66.6 cm³/mol. The van der Waals surface area contributed by atoms with E-state index in [2.05, 4.69) is 10.6 Å². The van der Waals surface area contributed by atoms with Crippen molar-refractivity contribution < 1.29 is 9.59 Å². The summed E-state index contributed by atoms with van der Waals surface area (Å²) in [5.74, 6) is 0.0688. The van der Waals surface area contributed by atoms with Crippen molar-refractivity contribution in [2.45, 2.75) is 38.1 Å². The standard InChI is InChI=1S/C12H23N3O2/c1-4-12(7-5-8-14-12)11(17)13-9-6-10(16)15(2)3/h14H,4-9H2,1-3H3,(H,13,17). The van der Waals surface area contributed by atoms with Crippen LogP contribution in [-0.4, -0.2) is 49.4 Å². The van der Waals surface area contributed by atoms with Crippen molar-refractivity contribution in [3.8, 4) is 0 Å². The molecule has 1 unspecified atom stereocenters. The Kier molecular flexibility index (Phi) is 4.93. The predicted octanol–water partition coefficient (Wildman–Crippen LogP) is 0.113. The Morgan fingerprint density at radius 2 is 2.12 bits per heavy atom. The zero-order chi connectivity index (χ0) is 12.9. The quantitative estimate of drug-likeness (QED) is 0.718. The first-order valence-electron chi connectivity index (χ1n) is 6.25. The fourth-order valence-electron chi connectivity index (χ4n) is 2.14. The highest BCUT2D eigenvalue weighted by atomic mass is 16.2. The van der Waals surface area contributed by atoms with Gasteiger partial charge in [0.15, 0.2) is 0 Å². The molecular formula is C12H23N3O2. The van der Waals surface area contributed by atoms with Crippen LogP contribution in [0.25, 0.3) is 0 Å². The topological polar surface area (TPSA) is 61.4 Å². The summed E-state index contributed by atoms with van der Waals surface area (Å²) in [5.41, 5.74) is -0.402. The number of hydrogen-bond acceptors (Lipinski definition) is 3. The normalized spacial score (nSPS) is 23.5. The van der Waals surface area contributed by atoms with Crippen LogP contribution in [0.3, 0.4) is 0 Å². The zero-order valence-corrected chi connectivity index (χ0v) is 11.0. The molecule has 0 radical (unpaired) electrons. The largest absolute Gasteiger partial charge is 0.354 e. The van der Waals surface area contributed by atoms with Crippen molar-refractivity contribution in [1.29, 1.82) is 0 Å². The molecule has 1 fully saturated rings. The lowest BCUT2D eigenvalue weighted by Gasteiger charge is -2.26. The number of carbonyl (C=O) groups is 2. The van der Waals surface area contributed by atoms with Gasteiger partial charge in [-0.2, -0.15) is 0 Å². The summed E-state index contributed by atoms with van der Waals surface area (Å²) in [4.78, 5) is 24.9. The van der Waals surface area contributed by atoms with Gasteiger partial charge in [0.25, 0.3) is 0 Å². The highest BCUT2D eigenvalue weighted by molar-refractivity contribution is 5.87. The molecule has 5 nitrogen and oxygen atoms in total. The van der Waals surface area contributed by atoms with Crippen molar-refractivity contribution in [3.05, 3.63) is 0 Å². The average molecular weight is 241 g/mol. The third-order valence-corrected chi connectivity index (χ3v) is 3.41. The molecule has 1 heterocycles. The molecule has 1 atom stereocenters. The maximum absolute atomic E-state index is 12.1. The highest BCUT2D eigenvalue weighted by Gasteiger charge is 2.38. The summed E-state index contributed by atoms with van der Waals surface area (Å²) in [5, 5.41) is 6.13. The number of nitrogens with zero attached hydrogens (tertiary/aromatic N) is 1. The highest BCUT2D eigenvalue weighted by Crippen LogP contribution is 2.22. The summed E-state index contributed by atoms with van der Waals surface area (Å²) < 4.78 is 0. The monoisotopic (exact) mass is 241 g/mol. The summed E-state index contributed by atoms with van der Waals surface area (Å²) >= 11 is 0. The molecule has 1 rings (SSSR count). The van der Waals surface area contributed by atoms with Gasteiger partial charge in [-0.05, 0) is 25.8 Å². The molecule has 0 aromatic heterocycles. The van der Waals surface area contributed by atoms with Crippen LogP contribution in [0.15, 0.2) is 0 Å². The lowest BCUT2D eigenvalue weighted by Crippen LogP contribution is -2.53.